The number of nitrogens with zero attached hydrogens (tertiary/aromatic N) is 4. The first-order chi connectivity index (χ1) is 11.9. The zero-order valence-corrected chi connectivity index (χ0v) is 16.0. The molecule has 8 heteroatoms. The predicted octanol–water partition coefficient (Wildman–Crippen LogP) is 1.24. The molecule has 2 saturated heterocycles. The van der Waals surface area contributed by atoms with Crippen molar-refractivity contribution < 1.29 is 8.42 Å². The summed E-state index contributed by atoms with van der Waals surface area (Å²) in [6, 6.07) is 2.42. The quantitative estimate of drug-likeness (QED) is 0.839. The molecule has 3 rings (SSSR count). The van der Waals surface area contributed by atoms with Crippen LogP contribution in [-0.4, -0.2) is 74.6 Å². The van der Waals surface area contributed by atoms with Crippen molar-refractivity contribution >= 4 is 21.5 Å². The van der Waals surface area contributed by atoms with Gasteiger partial charge in [-0.15, -0.1) is 0 Å². The Bertz CT molecular complexity index is 657. The summed E-state index contributed by atoms with van der Waals surface area (Å²) in [4.78, 5) is 13.0. The molecule has 1 N–H and O–H groups in total. The third kappa shape index (κ3) is 5.28. The smallest absolute Gasteiger partial charge is 0.150 e. The van der Waals surface area contributed by atoms with Crippen LogP contribution in [0, 0.1) is 5.92 Å². The Labute approximate surface area is 150 Å². The summed E-state index contributed by atoms with van der Waals surface area (Å²) < 4.78 is 23.1. The molecular weight excluding hydrogens is 338 g/mol. The van der Waals surface area contributed by atoms with Gasteiger partial charge in [0.05, 0.1) is 11.5 Å². The summed E-state index contributed by atoms with van der Waals surface area (Å²) in [5, 5.41) is 3.53. The van der Waals surface area contributed by atoms with Gasteiger partial charge in [-0.2, -0.15) is 0 Å². The highest BCUT2D eigenvalue weighted by Gasteiger charge is 2.27. The summed E-state index contributed by atoms with van der Waals surface area (Å²) >= 11 is 0. The van der Waals surface area contributed by atoms with Crippen LogP contribution in [0.15, 0.2) is 12.4 Å². The summed E-state index contributed by atoms with van der Waals surface area (Å²) in [7, 11) is 1.19. The van der Waals surface area contributed by atoms with Gasteiger partial charge in [0.25, 0.3) is 0 Å². The van der Waals surface area contributed by atoms with Gasteiger partial charge in [-0.1, -0.05) is 0 Å². The molecule has 7 nitrogen and oxygen atoms in total. The van der Waals surface area contributed by atoms with Gasteiger partial charge in [0.15, 0.2) is 0 Å². The molecule has 0 saturated carbocycles. The van der Waals surface area contributed by atoms with E-state index in [1.807, 2.05) is 25.1 Å². The second-order valence-corrected chi connectivity index (χ2v) is 9.77. The second kappa shape index (κ2) is 7.86. The minimum absolute atomic E-state index is 0.373. The molecule has 1 aromatic heterocycles. The summed E-state index contributed by atoms with van der Waals surface area (Å²) in [5.74, 6) is 3.07. The molecule has 0 aliphatic carbocycles. The Morgan fingerprint density at radius 2 is 1.84 bits per heavy atom. The van der Waals surface area contributed by atoms with Crippen molar-refractivity contribution in [3.63, 3.8) is 0 Å². The lowest BCUT2D eigenvalue weighted by Gasteiger charge is -2.35. The maximum atomic E-state index is 11.5. The largest absolute Gasteiger partial charge is 0.367 e. The minimum atomic E-state index is -2.75. The van der Waals surface area contributed by atoms with Crippen LogP contribution in [0.25, 0.3) is 0 Å². The molecule has 3 heterocycles. The van der Waals surface area contributed by atoms with Gasteiger partial charge in [-0.25, -0.2) is 18.4 Å². The van der Waals surface area contributed by atoms with E-state index in [1.54, 1.807) is 6.33 Å². The van der Waals surface area contributed by atoms with E-state index < -0.39 is 9.84 Å². The number of piperidine rings is 1. The topological polar surface area (TPSA) is 78.4 Å². The molecule has 1 aromatic rings. The monoisotopic (exact) mass is 367 g/mol. The molecule has 0 radical (unpaired) electrons. The van der Waals surface area contributed by atoms with Crippen LogP contribution >= 0.6 is 0 Å². The zero-order chi connectivity index (χ0) is 17.9. The molecule has 0 amide bonds. The number of sulfone groups is 1. The molecule has 0 atom stereocenters. The van der Waals surface area contributed by atoms with Crippen molar-refractivity contribution in [1.29, 1.82) is 0 Å². The van der Waals surface area contributed by atoms with Crippen LogP contribution in [-0.2, 0) is 9.84 Å². The first-order valence-corrected chi connectivity index (χ1v) is 10.9. The lowest BCUT2D eigenvalue weighted by molar-refractivity contribution is 0.182. The third-order valence-electron chi connectivity index (χ3n) is 5.24. The lowest BCUT2D eigenvalue weighted by Crippen LogP contribution is -2.42. The van der Waals surface area contributed by atoms with Crippen LogP contribution in [0.1, 0.15) is 25.7 Å². The van der Waals surface area contributed by atoms with Crippen molar-refractivity contribution in [1.82, 2.24) is 14.9 Å². The Balaban J connectivity index is 1.44. The number of likely N-dealkylation sites (tertiary alicyclic amines) is 1. The minimum Gasteiger partial charge on any atom is -0.367 e. The lowest BCUT2D eigenvalue weighted by atomic mass is 9.99. The summed E-state index contributed by atoms with van der Waals surface area (Å²) in [6.07, 6.45) is 5.44. The number of hydrogen-bond donors (Lipinski definition) is 1. The van der Waals surface area contributed by atoms with E-state index in [2.05, 4.69) is 20.2 Å². The van der Waals surface area contributed by atoms with Crippen LogP contribution in [0.5, 0.6) is 0 Å². The van der Waals surface area contributed by atoms with Crippen molar-refractivity contribution in [2.75, 3.05) is 55.5 Å². The van der Waals surface area contributed by atoms with Crippen LogP contribution in [0.4, 0.5) is 11.6 Å². The average Bonchev–Trinajstić information content (AvgIpc) is 2.59. The van der Waals surface area contributed by atoms with Gasteiger partial charge in [0.1, 0.15) is 27.8 Å². The van der Waals surface area contributed by atoms with E-state index in [4.69, 9.17) is 0 Å². The zero-order valence-electron chi connectivity index (χ0n) is 15.2. The standard InChI is InChI=1S/C17H29N5O2S/c1-21(2)17-11-16(18-13-19-17)20-15-3-7-22(8-4-15)12-14-5-9-25(23,24)10-6-14/h11,13-15H,3-10,12H2,1-2H3,(H,18,19,20). The summed E-state index contributed by atoms with van der Waals surface area (Å²) in [5.41, 5.74) is 0. The van der Waals surface area contributed by atoms with E-state index in [0.29, 0.717) is 23.5 Å². The fourth-order valence-electron chi connectivity index (χ4n) is 3.63. The van der Waals surface area contributed by atoms with Crippen molar-refractivity contribution in [3.8, 4) is 0 Å². The molecule has 0 bridgehead atoms. The molecule has 2 fully saturated rings. The highest BCUT2D eigenvalue weighted by Crippen LogP contribution is 2.23. The molecule has 25 heavy (non-hydrogen) atoms. The average molecular weight is 368 g/mol. The number of rotatable bonds is 5. The van der Waals surface area contributed by atoms with Gasteiger partial charge in [-0.3, -0.25) is 0 Å². The summed E-state index contributed by atoms with van der Waals surface area (Å²) in [6.45, 7) is 3.17. The Morgan fingerprint density at radius 3 is 2.48 bits per heavy atom. The Hall–Kier alpha value is -1.41. The predicted molar refractivity (Wildman–Crippen MR) is 101 cm³/mol. The highest BCUT2D eigenvalue weighted by molar-refractivity contribution is 7.91. The van der Waals surface area contributed by atoms with Crippen molar-refractivity contribution in [2.45, 2.75) is 31.7 Å². The highest BCUT2D eigenvalue weighted by atomic mass is 32.2. The molecule has 2 aliphatic rings. The third-order valence-corrected chi connectivity index (χ3v) is 6.96. The Morgan fingerprint density at radius 1 is 1.16 bits per heavy atom. The molecule has 0 aromatic carbocycles. The fourth-order valence-corrected chi connectivity index (χ4v) is 5.22. The van der Waals surface area contributed by atoms with Crippen molar-refractivity contribution in [2.24, 2.45) is 5.92 Å². The molecule has 140 valence electrons. The number of hydrogen-bond acceptors (Lipinski definition) is 7. The van der Waals surface area contributed by atoms with Crippen LogP contribution < -0.4 is 10.2 Å². The Kier molecular flexibility index (Phi) is 5.78. The number of anilines is 2. The van der Waals surface area contributed by atoms with E-state index in [0.717, 1.165) is 57.0 Å². The fraction of sp³-hybridized carbons (Fsp3) is 0.765. The van der Waals surface area contributed by atoms with E-state index in [-0.39, 0.29) is 0 Å². The molecule has 0 unspecified atom stereocenters. The SMILES string of the molecule is CN(C)c1cc(NC2CCN(CC3CCS(=O)(=O)CC3)CC2)ncn1. The normalized spacial score (nSPS) is 22.6. The van der Waals surface area contributed by atoms with Gasteiger partial charge in [0.2, 0.25) is 0 Å². The van der Waals surface area contributed by atoms with Crippen LogP contribution in [0.3, 0.4) is 0 Å². The van der Waals surface area contributed by atoms with E-state index >= 15 is 0 Å². The number of nitrogens with one attached hydrogen (secondary N) is 1. The maximum Gasteiger partial charge on any atom is 0.150 e. The van der Waals surface area contributed by atoms with Crippen molar-refractivity contribution in [3.05, 3.63) is 12.4 Å². The van der Waals surface area contributed by atoms with Gasteiger partial charge in [0, 0.05) is 45.8 Å². The van der Waals surface area contributed by atoms with E-state index in [9.17, 15) is 8.42 Å². The maximum absolute atomic E-state index is 11.5. The second-order valence-electron chi connectivity index (χ2n) is 7.47. The van der Waals surface area contributed by atoms with E-state index in [1.165, 1.54) is 0 Å². The van der Waals surface area contributed by atoms with Gasteiger partial charge < -0.3 is 15.1 Å². The first-order valence-electron chi connectivity index (χ1n) is 9.10. The van der Waals surface area contributed by atoms with Gasteiger partial charge in [-0.05, 0) is 31.6 Å². The molecule has 0 spiro atoms. The first kappa shape index (κ1) is 18.4. The molecule has 2 aliphatic heterocycles. The van der Waals surface area contributed by atoms with Gasteiger partial charge >= 0.3 is 0 Å². The number of aromatic nitrogens is 2. The molecular formula is C17H29N5O2S. The van der Waals surface area contributed by atoms with Crippen LogP contribution in [0.2, 0.25) is 0 Å².